The Hall–Kier alpha value is -1.94. The van der Waals surface area contributed by atoms with Crippen LogP contribution in [0.4, 0.5) is 0 Å². The molecular weight excluding hydrogens is 196 g/mol. The number of hydrogen-bond acceptors (Lipinski definition) is 1. The molecule has 0 bridgehead atoms. The number of fused-ring (bicyclic) bond motifs is 1. The molecule has 0 saturated heterocycles. The Morgan fingerprint density at radius 1 is 1.19 bits per heavy atom. The first kappa shape index (κ1) is 10.6. The molecule has 2 rings (SSSR count). The average molecular weight is 210 g/mol. The van der Waals surface area contributed by atoms with E-state index in [1.54, 1.807) is 7.11 Å². The molecule has 0 heterocycles. The van der Waals surface area contributed by atoms with Crippen LogP contribution >= 0.6 is 0 Å². The molecule has 0 saturated carbocycles. The van der Waals surface area contributed by atoms with Crippen LogP contribution in [0.25, 0.3) is 10.8 Å². The molecule has 0 amide bonds. The fourth-order valence-corrected chi connectivity index (χ4v) is 1.98. The second-order valence-corrected chi connectivity index (χ2v) is 3.79. The summed E-state index contributed by atoms with van der Waals surface area (Å²) in [5.74, 6) is 3.69. The maximum atomic E-state index is 5.51. The van der Waals surface area contributed by atoms with Crippen molar-refractivity contribution in [3.63, 3.8) is 0 Å². The van der Waals surface area contributed by atoms with Gasteiger partial charge in [-0.15, -0.1) is 6.42 Å². The molecule has 1 nitrogen and oxygen atoms in total. The predicted octanol–water partition coefficient (Wildman–Crippen LogP) is 3.59. The van der Waals surface area contributed by atoms with Crippen molar-refractivity contribution in [2.45, 2.75) is 12.8 Å². The van der Waals surface area contributed by atoms with Gasteiger partial charge in [-0.25, -0.2) is 0 Å². The molecule has 0 spiro atoms. The Balaban J connectivity index is 2.79. The standard InChI is InChI=1S/C15H14O/c1-4-11(2)15-13-8-6-5-7-12(13)9-10-14(15)16-3/h1,5-11H,2-3H3. The lowest BCUT2D eigenvalue weighted by Crippen LogP contribution is -1.96. The minimum Gasteiger partial charge on any atom is -0.496 e. The quantitative estimate of drug-likeness (QED) is 0.688. The summed E-state index contributed by atoms with van der Waals surface area (Å²) in [6.07, 6.45) is 5.51. The first-order valence-electron chi connectivity index (χ1n) is 5.29. The molecule has 0 aliphatic rings. The molecule has 1 unspecified atom stereocenters. The average Bonchev–Trinajstić information content (AvgIpc) is 2.36. The zero-order chi connectivity index (χ0) is 11.5. The van der Waals surface area contributed by atoms with E-state index in [1.165, 1.54) is 10.8 Å². The summed E-state index contributed by atoms with van der Waals surface area (Å²) in [5, 5.41) is 2.37. The minimum absolute atomic E-state index is 0.0565. The highest BCUT2D eigenvalue weighted by molar-refractivity contribution is 5.88. The molecule has 0 aliphatic heterocycles. The second-order valence-electron chi connectivity index (χ2n) is 3.79. The van der Waals surface area contributed by atoms with Crippen molar-refractivity contribution < 1.29 is 4.74 Å². The number of ether oxygens (including phenoxy) is 1. The normalized spacial score (nSPS) is 12.1. The Bertz CT molecular complexity index is 549. The van der Waals surface area contributed by atoms with E-state index in [1.807, 2.05) is 25.1 Å². The van der Waals surface area contributed by atoms with Gasteiger partial charge in [-0.1, -0.05) is 36.3 Å². The van der Waals surface area contributed by atoms with E-state index in [9.17, 15) is 0 Å². The fraction of sp³-hybridized carbons (Fsp3) is 0.200. The van der Waals surface area contributed by atoms with Gasteiger partial charge < -0.3 is 4.74 Å². The molecule has 0 N–H and O–H groups in total. The van der Waals surface area contributed by atoms with Gasteiger partial charge in [0.25, 0.3) is 0 Å². The smallest absolute Gasteiger partial charge is 0.123 e. The van der Waals surface area contributed by atoms with Gasteiger partial charge in [0.15, 0.2) is 0 Å². The molecule has 2 aromatic rings. The zero-order valence-corrected chi connectivity index (χ0v) is 9.53. The predicted molar refractivity (Wildman–Crippen MR) is 67.7 cm³/mol. The third-order valence-electron chi connectivity index (χ3n) is 2.83. The molecule has 0 aromatic heterocycles. The second kappa shape index (κ2) is 4.28. The molecule has 16 heavy (non-hydrogen) atoms. The maximum Gasteiger partial charge on any atom is 0.123 e. The van der Waals surface area contributed by atoms with Crippen LogP contribution in [0.1, 0.15) is 18.4 Å². The molecule has 0 fully saturated rings. The highest BCUT2D eigenvalue weighted by atomic mass is 16.5. The lowest BCUT2D eigenvalue weighted by Gasteiger charge is -2.14. The summed E-state index contributed by atoms with van der Waals surface area (Å²) >= 11 is 0. The molecule has 2 aromatic carbocycles. The topological polar surface area (TPSA) is 9.23 Å². The van der Waals surface area contributed by atoms with E-state index in [4.69, 9.17) is 11.2 Å². The van der Waals surface area contributed by atoms with Gasteiger partial charge in [0.2, 0.25) is 0 Å². The van der Waals surface area contributed by atoms with Crippen molar-refractivity contribution in [1.29, 1.82) is 0 Å². The Labute approximate surface area is 96.1 Å². The fourth-order valence-electron chi connectivity index (χ4n) is 1.98. The number of terminal acetylenes is 1. The van der Waals surface area contributed by atoms with Crippen LogP contribution < -0.4 is 4.74 Å². The molecule has 80 valence electrons. The Morgan fingerprint density at radius 3 is 2.62 bits per heavy atom. The van der Waals surface area contributed by atoms with Gasteiger partial charge in [0.05, 0.1) is 7.11 Å². The first-order chi connectivity index (χ1) is 7.77. The van der Waals surface area contributed by atoms with E-state index in [2.05, 4.69) is 24.1 Å². The van der Waals surface area contributed by atoms with Crippen LogP contribution in [0.5, 0.6) is 5.75 Å². The minimum atomic E-state index is 0.0565. The number of benzene rings is 2. The van der Waals surface area contributed by atoms with Crippen LogP contribution in [-0.2, 0) is 0 Å². The molecule has 1 heteroatoms. The van der Waals surface area contributed by atoms with Gasteiger partial charge in [-0.2, -0.15) is 0 Å². The maximum absolute atomic E-state index is 5.51. The summed E-state index contributed by atoms with van der Waals surface area (Å²) < 4.78 is 5.38. The van der Waals surface area contributed by atoms with Gasteiger partial charge in [0.1, 0.15) is 5.75 Å². The third-order valence-corrected chi connectivity index (χ3v) is 2.83. The van der Waals surface area contributed by atoms with E-state index in [0.717, 1.165) is 11.3 Å². The van der Waals surface area contributed by atoms with Crippen molar-refractivity contribution in [2.24, 2.45) is 0 Å². The molecule has 0 radical (unpaired) electrons. The monoisotopic (exact) mass is 210 g/mol. The Morgan fingerprint density at radius 2 is 1.94 bits per heavy atom. The van der Waals surface area contributed by atoms with Gasteiger partial charge in [-0.3, -0.25) is 0 Å². The summed E-state index contributed by atoms with van der Waals surface area (Å²) in [6, 6.07) is 12.3. The van der Waals surface area contributed by atoms with Crippen molar-refractivity contribution in [2.75, 3.05) is 7.11 Å². The zero-order valence-electron chi connectivity index (χ0n) is 9.53. The largest absolute Gasteiger partial charge is 0.496 e. The number of methoxy groups -OCH3 is 1. The van der Waals surface area contributed by atoms with Crippen molar-refractivity contribution in [1.82, 2.24) is 0 Å². The van der Waals surface area contributed by atoms with Crippen molar-refractivity contribution in [3.8, 4) is 18.1 Å². The highest BCUT2D eigenvalue weighted by Crippen LogP contribution is 2.33. The first-order valence-corrected chi connectivity index (χ1v) is 5.29. The van der Waals surface area contributed by atoms with E-state index >= 15 is 0 Å². The lowest BCUT2D eigenvalue weighted by molar-refractivity contribution is 0.410. The molecule has 0 aliphatic carbocycles. The summed E-state index contributed by atoms with van der Waals surface area (Å²) in [6.45, 7) is 2.02. The van der Waals surface area contributed by atoms with Crippen LogP contribution in [0.15, 0.2) is 36.4 Å². The Kier molecular flexibility index (Phi) is 2.83. The number of hydrogen-bond donors (Lipinski definition) is 0. The number of rotatable bonds is 2. The summed E-state index contributed by atoms with van der Waals surface area (Å²) in [4.78, 5) is 0. The molecule has 1 atom stereocenters. The highest BCUT2D eigenvalue weighted by Gasteiger charge is 2.12. The van der Waals surface area contributed by atoms with E-state index in [-0.39, 0.29) is 5.92 Å². The van der Waals surface area contributed by atoms with Crippen LogP contribution in [-0.4, -0.2) is 7.11 Å². The van der Waals surface area contributed by atoms with Crippen LogP contribution in [0, 0.1) is 12.3 Å². The van der Waals surface area contributed by atoms with Gasteiger partial charge in [0, 0.05) is 11.5 Å². The van der Waals surface area contributed by atoms with Gasteiger partial charge >= 0.3 is 0 Å². The van der Waals surface area contributed by atoms with Crippen LogP contribution in [0.2, 0.25) is 0 Å². The third kappa shape index (κ3) is 1.63. The van der Waals surface area contributed by atoms with Crippen molar-refractivity contribution in [3.05, 3.63) is 42.0 Å². The van der Waals surface area contributed by atoms with Gasteiger partial charge in [-0.05, 0) is 23.8 Å². The van der Waals surface area contributed by atoms with Crippen LogP contribution in [0.3, 0.4) is 0 Å². The van der Waals surface area contributed by atoms with E-state index in [0.29, 0.717) is 0 Å². The van der Waals surface area contributed by atoms with E-state index < -0.39 is 0 Å². The summed E-state index contributed by atoms with van der Waals surface area (Å²) in [7, 11) is 1.68. The van der Waals surface area contributed by atoms with Crippen molar-refractivity contribution >= 4 is 10.8 Å². The SMILES string of the molecule is C#CC(C)c1c(OC)ccc2ccccc12. The lowest BCUT2D eigenvalue weighted by atomic mass is 9.94. The summed E-state index contributed by atoms with van der Waals surface area (Å²) in [5.41, 5.74) is 1.10. The molecular formula is C15H14O.